The van der Waals surface area contributed by atoms with E-state index in [1.807, 2.05) is 26.8 Å². The fourth-order valence-electron chi connectivity index (χ4n) is 5.53. The number of fused-ring (bicyclic) bond motifs is 2. The minimum Gasteiger partial charge on any atom is -0.505 e. The summed E-state index contributed by atoms with van der Waals surface area (Å²) in [6.45, 7) is 7.57. The molecule has 9 atom stereocenters. The number of aromatic hydroxyl groups is 2. The van der Waals surface area contributed by atoms with Crippen molar-refractivity contribution >= 4 is 11.8 Å². The summed E-state index contributed by atoms with van der Waals surface area (Å²) in [5, 5.41) is 46.7. The average Bonchev–Trinajstić information content (AvgIpc) is 2.90. The van der Waals surface area contributed by atoms with Crippen molar-refractivity contribution in [3.63, 3.8) is 0 Å². The minimum atomic E-state index is -1.10. The number of hydrogen-bond donors (Lipinski definition) is 6. The summed E-state index contributed by atoms with van der Waals surface area (Å²) in [7, 11) is 4.47. The number of ether oxygens (including phenoxy) is 4. The Balaban J connectivity index is 2.53. The van der Waals surface area contributed by atoms with Gasteiger partial charge in [-0.15, -0.1) is 0 Å². The second kappa shape index (κ2) is 15.3. The molecular weight excluding hydrogens is 520 g/mol. The molecule has 1 amide bonds. The number of amides is 1. The van der Waals surface area contributed by atoms with Crippen molar-refractivity contribution in [1.29, 1.82) is 0 Å². The quantitative estimate of drug-likeness (QED) is 0.179. The lowest BCUT2D eigenvalue weighted by atomic mass is 9.83. The van der Waals surface area contributed by atoms with Crippen LogP contribution in [0.1, 0.15) is 52.5 Å². The number of carbonyl (C=O) groups excluding carboxylic acids is 1. The predicted molar refractivity (Wildman–Crippen MR) is 151 cm³/mol. The number of benzene rings is 1. The number of nitrogens with one attached hydrogen (secondary N) is 1. The third kappa shape index (κ3) is 8.63. The normalized spacial score (nSPS) is 33.5. The van der Waals surface area contributed by atoms with E-state index in [-0.39, 0.29) is 40.7 Å². The van der Waals surface area contributed by atoms with Crippen LogP contribution in [0.15, 0.2) is 18.2 Å². The fraction of sp³-hybridized carbons (Fsp3) is 0.690. The first kappa shape index (κ1) is 33.5. The van der Waals surface area contributed by atoms with Crippen LogP contribution in [0.2, 0.25) is 0 Å². The van der Waals surface area contributed by atoms with E-state index in [2.05, 4.69) is 5.32 Å². The van der Waals surface area contributed by atoms with Crippen molar-refractivity contribution in [3.8, 4) is 17.2 Å². The van der Waals surface area contributed by atoms with Crippen molar-refractivity contribution in [2.45, 2.75) is 84.0 Å². The van der Waals surface area contributed by atoms with Crippen LogP contribution in [0, 0.1) is 23.7 Å². The van der Waals surface area contributed by atoms with Gasteiger partial charge in [0.2, 0.25) is 0 Å². The van der Waals surface area contributed by atoms with Gasteiger partial charge >= 0.3 is 6.09 Å². The SMILES string of the molecule is COc1c(O)cc2c(O)c1C[C@@H](C)C[C@H](OC)[C@H](O)[C@@H](C)C[C@@H](C)[C@H](OC(N)=O)[C@@H](OC)C/C=C/[C@H](C)[C@H](O)N2. The van der Waals surface area contributed by atoms with Gasteiger partial charge in [0.05, 0.1) is 31.1 Å². The highest BCUT2D eigenvalue weighted by atomic mass is 16.6. The maximum Gasteiger partial charge on any atom is 0.404 e. The monoisotopic (exact) mass is 568 g/mol. The zero-order valence-corrected chi connectivity index (χ0v) is 24.7. The summed E-state index contributed by atoms with van der Waals surface area (Å²) in [5.41, 5.74) is 5.92. The number of aliphatic hydroxyl groups is 2. The van der Waals surface area contributed by atoms with Gasteiger partial charge < -0.3 is 50.4 Å². The number of nitrogens with two attached hydrogens (primary N) is 1. The Morgan fingerprint density at radius 3 is 2.23 bits per heavy atom. The maximum absolute atomic E-state index is 11.8. The first-order valence-corrected chi connectivity index (χ1v) is 13.8. The second-order valence-corrected chi connectivity index (χ2v) is 11.1. The van der Waals surface area contributed by atoms with Crippen molar-refractivity contribution < 1.29 is 44.2 Å². The summed E-state index contributed by atoms with van der Waals surface area (Å²) in [6.07, 6.45) is 0.657. The molecule has 2 bridgehead atoms. The molecule has 0 saturated heterocycles. The Kier molecular flexibility index (Phi) is 12.8. The summed E-state index contributed by atoms with van der Waals surface area (Å²) >= 11 is 0. The van der Waals surface area contributed by atoms with E-state index in [0.717, 1.165) is 0 Å². The summed E-state index contributed by atoms with van der Waals surface area (Å²) < 4.78 is 22.2. The maximum atomic E-state index is 11.8. The van der Waals surface area contributed by atoms with Crippen LogP contribution in [-0.4, -0.2) is 78.5 Å². The molecule has 0 aliphatic carbocycles. The van der Waals surface area contributed by atoms with E-state index in [9.17, 15) is 25.2 Å². The van der Waals surface area contributed by atoms with Gasteiger partial charge in [-0.3, -0.25) is 0 Å². The standard InChI is InChI=1S/C29H48N2O9/c1-15-11-19-25(34)20(14-21(32)27(19)39-7)31-28(35)16(2)9-8-10-22(37-5)26(40-29(30)36)18(4)13-17(3)24(33)23(12-15)38-6/h8-9,14-18,22-24,26,28,31-35H,10-13H2,1-7H3,(H2,30,36)/b9-8+/t15-,16+,17+,18-,22+,23+,24-,26+,28+/m1/s1. The van der Waals surface area contributed by atoms with Gasteiger partial charge in [0.1, 0.15) is 18.1 Å². The van der Waals surface area contributed by atoms with Gasteiger partial charge in [-0.1, -0.05) is 39.8 Å². The number of phenolic OH excluding ortho intramolecular Hbond substituents is 2. The van der Waals surface area contributed by atoms with E-state index in [1.165, 1.54) is 27.4 Å². The molecule has 40 heavy (non-hydrogen) atoms. The first-order valence-electron chi connectivity index (χ1n) is 13.8. The molecule has 0 spiro atoms. The third-order valence-corrected chi connectivity index (χ3v) is 7.82. The molecule has 1 aromatic rings. The predicted octanol–water partition coefficient (Wildman–Crippen LogP) is 3.52. The molecule has 2 rings (SSSR count). The molecule has 11 nitrogen and oxygen atoms in total. The van der Waals surface area contributed by atoms with Crippen LogP contribution in [0.4, 0.5) is 10.5 Å². The average molecular weight is 569 g/mol. The fourth-order valence-corrected chi connectivity index (χ4v) is 5.53. The molecule has 1 heterocycles. The van der Waals surface area contributed by atoms with E-state index < -0.39 is 42.7 Å². The topological polar surface area (TPSA) is 173 Å². The molecule has 0 aromatic heterocycles. The number of rotatable bonds is 4. The molecular formula is C29H48N2O9. The number of anilines is 1. The van der Waals surface area contributed by atoms with Crippen LogP contribution >= 0.6 is 0 Å². The van der Waals surface area contributed by atoms with Gasteiger partial charge in [-0.2, -0.15) is 0 Å². The second-order valence-electron chi connectivity index (χ2n) is 11.1. The van der Waals surface area contributed by atoms with E-state index in [1.54, 1.807) is 13.0 Å². The molecule has 0 unspecified atom stereocenters. The van der Waals surface area contributed by atoms with Crippen LogP contribution in [0.5, 0.6) is 17.2 Å². The van der Waals surface area contributed by atoms with Gasteiger partial charge in [-0.25, -0.2) is 4.79 Å². The molecule has 0 fully saturated rings. The zero-order chi connectivity index (χ0) is 30.1. The summed E-state index contributed by atoms with van der Waals surface area (Å²) in [4.78, 5) is 11.8. The first-order chi connectivity index (χ1) is 18.8. The van der Waals surface area contributed by atoms with Gasteiger partial charge in [-0.05, 0) is 43.4 Å². The van der Waals surface area contributed by atoms with Gasteiger partial charge in [0, 0.05) is 31.8 Å². The number of primary amides is 1. The molecule has 0 radical (unpaired) electrons. The summed E-state index contributed by atoms with van der Waals surface area (Å²) in [5.74, 6) is -1.12. The molecule has 1 aliphatic heterocycles. The molecule has 11 heteroatoms. The van der Waals surface area contributed by atoms with Crippen molar-refractivity contribution in [3.05, 3.63) is 23.8 Å². The molecule has 0 saturated carbocycles. The van der Waals surface area contributed by atoms with E-state index >= 15 is 0 Å². The molecule has 1 aromatic carbocycles. The highest BCUT2D eigenvalue weighted by molar-refractivity contribution is 5.69. The lowest BCUT2D eigenvalue weighted by Crippen LogP contribution is -2.42. The Morgan fingerprint density at radius 1 is 1.00 bits per heavy atom. The van der Waals surface area contributed by atoms with Crippen LogP contribution in [0.3, 0.4) is 0 Å². The lowest BCUT2D eigenvalue weighted by Gasteiger charge is -2.34. The van der Waals surface area contributed by atoms with Gasteiger partial charge in [0.25, 0.3) is 0 Å². The number of hydrogen-bond acceptors (Lipinski definition) is 10. The van der Waals surface area contributed by atoms with Crippen LogP contribution in [-0.2, 0) is 20.6 Å². The highest BCUT2D eigenvalue weighted by Crippen LogP contribution is 2.44. The van der Waals surface area contributed by atoms with Crippen molar-refractivity contribution in [2.75, 3.05) is 26.6 Å². The Labute approximate surface area is 237 Å². The van der Waals surface area contributed by atoms with Crippen molar-refractivity contribution in [2.24, 2.45) is 29.4 Å². The number of aliphatic hydroxyl groups excluding tert-OH is 2. The Morgan fingerprint density at radius 2 is 1.65 bits per heavy atom. The Bertz CT molecular complexity index is 989. The van der Waals surface area contributed by atoms with E-state index in [4.69, 9.17) is 24.7 Å². The summed E-state index contributed by atoms with van der Waals surface area (Å²) in [6, 6.07) is 1.31. The van der Waals surface area contributed by atoms with Crippen LogP contribution < -0.4 is 15.8 Å². The molecule has 228 valence electrons. The van der Waals surface area contributed by atoms with Crippen LogP contribution in [0.25, 0.3) is 0 Å². The number of phenols is 2. The molecule has 1 aliphatic rings. The highest BCUT2D eigenvalue weighted by Gasteiger charge is 2.34. The minimum absolute atomic E-state index is 0.101. The van der Waals surface area contributed by atoms with E-state index in [0.29, 0.717) is 31.2 Å². The molecule has 7 N–H and O–H groups in total. The smallest absolute Gasteiger partial charge is 0.404 e. The van der Waals surface area contributed by atoms with Crippen molar-refractivity contribution in [1.82, 2.24) is 0 Å². The number of methoxy groups -OCH3 is 3. The largest absolute Gasteiger partial charge is 0.505 e. The lowest BCUT2D eigenvalue weighted by molar-refractivity contribution is -0.0701. The Hall–Kier alpha value is -2.73. The van der Waals surface area contributed by atoms with Gasteiger partial charge in [0.15, 0.2) is 11.5 Å². The zero-order valence-electron chi connectivity index (χ0n) is 24.7. The number of carbonyl (C=O) groups is 1. The third-order valence-electron chi connectivity index (χ3n) is 7.82.